The molecule has 1 N–H and O–H groups in total. The zero-order valence-corrected chi connectivity index (χ0v) is 14.8. The van der Waals surface area contributed by atoms with E-state index in [0.29, 0.717) is 17.4 Å². The lowest BCUT2D eigenvalue weighted by Crippen LogP contribution is -2.15. The molecule has 2 rings (SSSR count). The number of hydrogen-bond acceptors (Lipinski definition) is 4. The number of methoxy groups -OCH3 is 1. The molecule has 0 saturated heterocycles. The minimum absolute atomic E-state index is 0.0612. The maximum atomic E-state index is 12.7. The van der Waals surface area contributed by atoms with Gasteiger partial charge in [-0.1, -0.05) is 23.2 Å². The van der Waals surface area contributed by atoms with E-state index in [9.17, 15) is 8.42 Å². The molecule has 0 radical (unpaired) electrons. The van der Waals surface area contributed by atoms with E-state index in [1.165, 1.54) is 25.3 Å². The van der Waals surface area contributed by atoms with Gasteiger partial charge in [0.1, 0.15) is 16.4 Å². The van der Waals surface area contributed by atoms with Crippen LogP contribution in [0.3, 0.4) is 0 Å². The van der Waals surface area contributed by atoms with Crippen LogP contribution in [0.2, 0.25) is 10.0 Å². The molecule has 2 aromatic carbocycles. The van der Waals surface area contributed by atoms with Gasteiger partial charge in [-0.3, -0.25) is 4.72 Å². The summed E-state index contributed by atoms with van der Waals surface area (Å²) in [7, 11) is -2.50. The van der Waals surface area contributed by atoms with Crippen molar-refractivity contribution >= 4 is 38.9 Å². The third-order valence-corrected chi connectivity index (χ3v) is 4.76. The number of sulfonamides is 1. The van der Waals surface area contributed by atoms with Crippen molar-refractivity contribution in [2.24, 2.45) is 0 Å². The quantitative estimate of drug-likeness (QED) is 0.821. The smallest absolute Gasteiger partial charge is 0.265 e. The maximum absolute atomic E-state index is 12.7. The van der Waals surface area contributed by atoms with E-state index in [1.54, 1.807) is 25.1 Å². The molecule has 0 spiro atoms. The molecule has 0 heterocycles. The minimum Gasteiger partial charge on any atom is -0.495 e. The summed E-state index contributed by atoms with van der Waals surface area (Å²) in [5.74, 6) is 0.559. The van der Waals surface area contributed by atoms with Crippen LogP contribution < -0.4 is 14.2 Å². The van der Waals surface area contributed by atoms with Gasteiger partial charge in [0, 0.05) is 10.0 Å². The number of ether oxygens (including phenoxy) is 2. The highest BCUT2D eigenvalue weighted by atomic mass is 35.5. The molecular weight excluding hydrogens is 361 g/mol. The number of benzene rings is 2. The average molecular weight is 376 g/mol. The van der Waals surface area contributed by atoms with Crippen LogP contribution >= 0.6 is 23.2 Å². The summed E-state index contributed by atoms with van der Waals surface area (Å²) in [5, 5.41) is 0.659. The van der Waals surface area contributed by atoms with Gasteiger partial charge in [0.15, 0.2) is 0 Å². The molecular formula is C15H15Cl2NO4S. The zero-order valence-electron chi connectivity index (χ0n) is 12.5. The molecule has 0 atom stereocenters. The minimum atomic E-state index is -3.94. The highest BCUT2D eigenvalue weighted by molar-refractivity contribution is 7.92. The highest BCUT2D eigenvalue weighted by Gasteiger charge is 2.22. The van der Waals surface area contributed by atoms with Crippen molar-refractivity contribution in [3.05, 3.63) is 46.4 Å². The van der Waals surface area contributed by atoms with E-state index >= 15 is 0 Å². The lowest BCUT2D eigenvalue weighted by molar-refractivity contribution is 0.331. The number of hydrogen-bond donors (Lipinski definition) is 1. The van der Waals surface area contributed by atoms with Crippen LogP contribution in [0, 0.1) is 0 Å². The first-order valence-corrected chi connectivity index (χ1v) is 8.90. The average Bonchev–Trinajstić information content (AvgIpc) is 2.49. The third kappa shape index (κ3) is 4.22. The second-order valence-electron chi connectivity index (χ2n) is 4.47. The van der Waals surface area contributed by atoms with Crippen LogP contribution in [0.5, 0.6) is 11.5 Å². The molecule has 0 saturated carbocycles. The van der Waals surface area contributed by atoms with E-state index in [0.717, 1.165) is 0 Å². The van der Waals surface area contributed by atoms with Crippen molar-refractivity contribution in [1.82, 2.24) is 0 Å². The molecule has 0 aliphatic rings. The van der Waals surface area contributed by atoms with Crippen molar-refractivity contribution in [3.8, 4) is 11.5 Å². The first kappa shape index (κ1) is 17.7. The van der Waals surface area contributed by atoms with Gasteiger partial charge in [-0.2, -0.15) is 0 Å². The lowest BCUT2D eigenvalue weighted by Gasteiger charge is -2.15. The predicted octanol–water partition coefficient (Wildman–Crippen LogP) is 4.20. The normalized spacial score (nSPS) is 11.1. The second-order valence-corrected chi connectivity index (χ2v) is 7.00. The van der Waals surface area contributed by atoms with Gasteiger partial charge >= 0.3 is 0 Å². The van der Waals surface area contributed by atoms with Crippen LogP contribution in [-0.4, -0.2) is 22.1 Å². The Morgan fingerprint density at radius 1 is 1.04 bits per heavy atom. The summed E-state index contributed by atoms with van der Waals surface area (Å²) in [4.78, 5) is -0.0612. The van der Waals surface area contributed by atoms with Crippen molar-refractivity contribution in [3.63, 3.8) is 0 Å². The van der Waals surface area contributed by atoms with Gasteiger partial charge in [0.05, 0.1) is 19.4 Å². The molecule has 0 aliphatic heterocycles. The van der Waals surface area contributed by atoms with Crippen molar-refractivity contribution in [2.75, 3.05) is 18.4 Å². The Hall–Kier alpha value is -1.63. The van der Waals surface area contributed by atoms with E-state index in [1.807, 2.05) is 0 Å². The highest BCUT2D eigenvalue weighted by Crippen LogP contribution is 2.33. The molecule has 0 aliphatic carbocycles. The molecule has 0 fully saturated rings. The van der Waals surface area contributed by atoms with Gasteiger partial charge in [0.2, 0.25) is 0 Å². The molecule has 0 bridgehead atoms. The fraction of sp³-hybridized carbons (Fsp3) is 0.200. The Balaban J connectivity index is 2.47. The van der Waals surface area contributed by atoms with E-state index in [2.05, 4.69) is 4.72 Å². The van der Waals surface area contributed by atoms with Crippen LogP contribution in [0.25, 0.3) is 0 Å². The van der Waals surface area contributed by atoms with E-state index in [-0.39, 0.29) is 21.4 Å². The Labute approximate surface area is 145 Å². The van der Waals surface area contributed by atoms with Crippen molar-refractivity contribution in [2.45, 2.75) is 11.8 Å². The van der Waals surface area contributed by atoms with Gasteiger partial charge in [-0.25, -0.2) is 8.42 Å². The monoisotopic (exact) mass is 375 g/mol. The fourth-order valence-corrected chi connectivity index (χ4v) is 3.57. The molecule has 5 nitrogen and oxygen atoms in total. The molecule has 0 aromatic heterocycles. The summed E-state index contributed by atoms with van der Waals surface area (Å²) in [5.41, 5.74) is 0.224. The first-order valence-electron chi connectivity index (χ1n) is 6.66. The van der Waals surface area contributed by atoms with Crippen molar-refractivity contribution in [1.29, 1.82) is 0 Å². The van der Waals surface area contributed by atoms with Gasteiger partial charge in [-0.05, 0) is 43.3 Å². The fourth-order valence-electron chi connectivity index (χ4n) is 1.93. The van der Waals surface area contributed by atoms with E-state index < -0.39 is 10.0 Å². The first-order chi connectivity index (χ1) is 10.9. The van der Waals surface area contributed by atoms with Crippen LogP contribution in [0.1, 0.15) is 6.92 Å². The van der Waals surface area contributed by atoms with Crippen LogP contribution in [0.15, 0.2) is 41.3 Å². The van der Waals surface area contributed by atoms with E-state index in [4.69, 9.17) is 32.7 Å². The molecule has 0 amide bonds. The SMILES string of the molecule is CCOc1ccc(Cl)cc1S(=O)(=O)Nc1cc(Cl)ccc1OC. The van der Waals surface area contributed by atoms with Crippen LogP contribution in [-0.2, 0) is 10.0 Å². The third-order valence-electron chi connectivity index (χ3n) is 2.90. The molecule has 0 unspecified atom stereocenters. The largest absolute Gasteiger partial charge is 0.495 e. The Morgan fingerprint density at radius 2 is 1.65 bits per heavy atom. The Morgan fingerprint density at radius 3 is 2.26 bits per heavy atom. The summed E-state index contributed by atoms with van der Waals surface area (Å²) in [6, 6.07) is 9.03. The standard InChI is InChI=1S/C15H15Cl2NO4S/c1-3-22-14-7-5-11(17)9-15(14)23(19,20)18-12-8-10(16)4-6-13(12)21-2/h4-9,18H,3H2,1-2H3. The molecule has 23 heavy (non-hydrogen) atoms. The summed E-state index contributed by atoms with van der Waals surface area (Å²) in [6.07, 6.45) is 0. The molecule has 124 valence electrons. The van der Waals surface area contributed by atoms with Gasteiger partial charge in [-0.15, -0.1) is 0 Å². The zero-order chi connectivity index (χ0) is 17.0. The van der Waals surface area contributed by atoms with Gasteiger partial charge in [0.25, 0.3) is 10.0 Å². The number of rotatable bonds is 6. The topological polar surface area (TPSA) is 64.6 Å². The predicted molar refractivity (Wildman–Crippen MR) is 91.4 cm³/mol. The summed E-state index contributed by atoms with van der Waals surface area (Å²) < 4.78 is 38.3. The van der Waals surface area contributed by atoms with Crippen LogP contribution in [0.4, 0.5) is 5.69 Å². The summed E-state index contributed by atoms with van der Waals surface area (Å²) >= 11 is 11.8. The molecule has 8 heteroatoms. The number of halogens is 2. The molecule has 2 aromatic rings. The maximum Gasteiger partial charge on any atom is 0.265 e. The lowest BCUT2D eigenvalue weighted by atomic mass is 10.3. The second kappa shape index (κ2) is 7.29. The Bertz CT molecular complexity index is 809. The van der Waals surface area contributed by atoms with Gasteiger partial charge < -0.3 is 9.47 Å². The Kier molecular flexibility index (Phi) is 5.62. The summed E-state index contributed by atoms with van der Waals surface area (Å²) in [6.45, 7) is 2.09. The number of anilines is 1. The van der Waals surface area contributed by atoms with Crippen molar-refractivity contribution < 1.29 is 17.9 Å². The number of nitrogens with one attached hydrogen (secondary N) is 1.